The van der Waals surface area contributed by atoms with Crippen LogP contribution >= 0.6 is 11.6 Å². The van der Waals surface area contributed by atoms with E-state index >= 15 is 0 Å². The Morgan fingerprint density at radius 1 is 1.48 bits per heavy atom. The molecule has 0 aliphatic rings. The molecular formula is C14H15ClN2O4. The molecule has 0 saturated heterocycles. The van der Waals surface area contributed by atoms with Crippen LogP contribution in [0.3, 0.4) is 0 Å². The number of benzene rings is 1. The summed E-state index contributed by atoms with van der Waals surface area (Å²) in [4.78, 5) is 12.1. The molecule has 6 nitrogen and oxygen atoms in total. The Balaban J connectivity index is 2.08. The van der Waals surface area contributed by atoms with E-state index < -0.39 is 0 Å². The molecule has 0 fully saturated rings. The molecule has 2 aromatic rings. The lowest BCUT2D eigenvalue weighted by Crippen LogP contribution is -2.06. The van der Waals surface area contributed by atoms with E-state index in [2.05, 4.69) is 9.68 Å². The van der Waals surface area contributed by atoms with E-state index in [0.29, 0.717) is 40.9 Å². The van der Waals surface area contributed by atoms with Gasteiger partial charge in [0.05, 0.1) is 17.3 Å². The molecular weight excluding hydrogens is 296 g/mol. The molecule has 0 atom stereocenters. The Morgan fingerprint density at radius 2 is 2.24 bits per heavy atom. The highest BCUT2D eigenvalue weighted by atomic mass is 35.5. The first-order valence-electron chi connectivity index (χ1n) is 6.17. The Kier molecular flexibility index (Phi) is 5.08. The molecule has 0 unspecified atom stereocenters. The number of methoxy groups -OCH3 is 1. The van der Waals surface area contributed by atoms with Gasteiger partial charge < -0.3 is 19.7 Å². The SMILES string of the molecule is COCCOc1ccc(C(=O)C=C(N)c2co[nH]2)cc1Cl. The van der Waals surface area contributed by atoms with Crippen LogP contribution in [-0.2, 0) is 4.74 Å². The van der Waals surface area contributed by atoms with Crippen LogP contribution in [0.2, 0.25) is 5.02 Å². The highest BCUT2D eigenvalue weighted by Crippen LogP contribution is 2.26. The highest BCUT2D eigenvalue weighted by molar-refractivity contribution is 6.32. The molecule has 112 valence electrons. The fourth-order valence-corrected chi connectivity index (χ4v) is 1.79. The zero-order valence-corrected chi connectivity index (χ0v) is 12.1. The minimum Gasteiger partial charge on any atom is -0.490 e. The van der Waals surface area contributed by atoms with E-state index in [4.69, 9.17) is 26.8 Å². The first-order chi connectivity index (χ1) is 10.1. The summed E-state index contributed by atoms with van der Waals surface area (Å²) in [6, 6.07) is 4.80. The van der Waals surface area contributed by atoms with Gasteiger partial charge in [0.2, 0.25) is 0 Å². The summed E-state index contributed by atoms with van der Waals surface area (Å²) in [5.41, 5.74) is 7.00. The second-order valence-electron chi connectivity index (χ2n) is 4.20. The lowest BCUT2D eigenvalue weighted by atomic mass is 10.1. The van der Waals surface area contributed by atoms with Crippen molar-refractivity contribution in [2.75, 3.05) is 20.3 Å². The van der Waals surface area contributed by atoms with E-state index in [0.717, 1.165) is 0 Å². The monoisotopic (exact) mass is 310 g/mol. The average Bonchev–Trinajstić information content (AvgIpc) is 2.38. The van der Waals surface area contributed by atoms with Gasteiger partial charge in [0, 0.05) is 18.7 Å². The van der Waals surface area contributed by atoms with Gasteiger partial charge >= 0.3 is 0 Å². The molecule has 0 amide bonds. The maximum atomic E-state index is 12.1. The number of ether oxygens (including phenoxy) is 2. The van der Waals surface area contributed by atoms with Crippen molar-refractivity contribution >= 4 is 23.1 Å². The largest absolute Gasteiger partial charge is 0.490 e. The van der Waals surface area contributed by atoms with Gasteiger partial charge in [0.15, 0.2) is 5.78 Å². The summed E-state index contributed by atoms with van der Waals surface area (Å²) >= 11 is 6.08. The number of aromatic nitrogens is 1. The van der Waals surface area contributed by atoms with Crippen LogP contribution in [0.5, 0.6) is 5.75 Å². The summed E-state index contributed by atoms with van der Waals surface area (Å²) in [6.45, 7) is 0.844. The molecule has 0 spiro atoms. The van der Waals surface area contributed by atoms with E-state index in [1.54, 1.807) is 19.2 Å². The lowest BCUT2D eigenvalue weighted by Gasteiger charge is -2.08. The Hall–Kier alpha value is -2.18. The van der Waals surface area contributed by atoms with Crippen molar-refractivity contribution < 1.29 is 18.8 Å². The van der Waals surface area contributed by atoms with Crippen molar-refractivity contribution in [3.63, 3.8) is 0 Å². The third-order valence-electron chi connectivity index (χ3n) is 2.70. The standard InChI is InChI=1S/C14H15ClN2O4/c1-19-4-5-20-14-3-2-9(6-10(14)15)13(18)7-11(16)12-8-21-17-12/h2-3,6-8,17H,4-5,16H2,1H3. The lowest BCUT2D eigenvalue weighted by molar-refractivity contribution is 0.104. The van der Waals surface area contributed by atoms with Gasteiger partial charge in [0.1, 0.15) is 24.3 Å². The van der Waals surface area contributed by atoms with E-state index in [9.17, 15) is 4.79 Å². The van der Waals surface area contributed by atoms with Crippen molar-refractivity contribution in [3.8, 4) is 5.75 Å². The number of rotatable bonds is 7. The van der Waals surface area contributed by atoms with Crippen LogP contribution in [0, 0.1) is 0 Å². The van der Waals surface area contributed by atoms with Crippen molar-refractivity contribution in [2.24, 2.45) is 5.73 Å². The molecule has 1 heterocycles. The smallest absolute Gasteiger partial charge is 0.188 e. The summed E-state index contributed by atoms with van der Waals surface area (Å²) in [5.74, 6) is 0.242. The van der Waals surface area contributed by atoms with Gasteiger partial charge in [-0.15, -0.1) is 0 Å². The maximum Gasteiger partial charge on any atom is 0.188 e. The molecule has 2 rings (SSSR count). The Morgan fingerprint density at radius 3 is 2.81 bits per heavy atom. The third kappa shape index (κ3) is 3.90. The molecule has 1 aromatic heterocycles. The van der Waals surface area contributed by atoms with Crippen LogP contribution in [0.4, 0.5) is 0 Å². The van der Waals surface area contributed by atoms with Crippen LogP contribution in [0.25, 0.3) is 5.70 Å². The summed E-state index contributed by atoms with van der Waals surface area (Å²) in [5, 5.41) is 2.86. The van der Waals surface area contributed by atoms with Crippen LogP contribution in [-0.4, -0.2) is 31.3 Å². The minimum atomic E-state index is -0.257. The number of allylic oxidation sites excluding steroid dienone is 1. The number of carbonyl (C=O) groups excluding carboxylic acids is 1. The second kappa shape index (κ2) is 7.01. The summed E-state index contributed by atoms with van der Waals surface area (Å²) in [6.07, 6.45) is 2.72. The molecule has 0 saturated carbocycles. The molecule has 1 aromatic carbocycles. The number of aromatic amines is 1. The first-order valence-corrected chi connectivity index (χ1v) is 6.54. The minimum absolute atomic E-state index is 0.257. The number of carbonyl (C=O) groups is 1. The van der Waals surface area contributed by atoms with Crippen LogP contribution in [0.15, 0.2) is 35.1 Å². The number of hydrogen-bond acceptors (Lipinski definition) is 5. The number of halogens is 1. The van der Waals surface area contributed by atoms with Crippen LogP contribution < -0.4 is 10.5 Å². The van der Waals surface area contributed by atoms with Crippen molar-refractivity contribution in [3.05, 3.63) is 46.8 Å². The molecule has 0 bridgehead atoms. The Labute approximate surface area is 126 Å². The fraction of sp³-hybridized carbons (Fsp3) is 0.214. The number of nitrogens with two attached hydrogens (primary N) is 1. The fourth-order valence-electron chi connectivity index (χ4n) is 1.55. The number of hydrogen-bond donors (Lipinski definition) is 2. The molecule has 0 radical (unpaired) electrons. The van der Waals surface area contributed by atoms with Crippen LogP contribution in [0.1, 0.15) is 16.1 Å². The van der Waals surface area contributed by atoms with Gasteiger partial charge in [0.25, 0.3) is 0 Å². The molecule has 0 aliphatic carbocycles. The predicted molar refractivity (Wildman–Crippen MR) is 78.4 cm³/mol. The first kappa shape index (κ1) is 15.2. The van der Waals surface area contributed by atoms with E-state index in [-0.39, 0.29) is 5.78 Å². The maximum absolute atomic E-state index is 12.1. The normalized spacial score (nSPS) is 11.6. The topological polar surface area (TPSA) is 90.5 Å². The molecule has 3 N–H and O–H groups in total. The van der Waals surface area contributed by atoms with Gasteiger partial charge in [-0.3, -0.25) is 4.79 Å². The zero-order valence-electron chi connectivity index (χ0n) is 11.4. The van der Waals surface area contributed by atoms with Gasteiger partial charge in [-0.25, -0.2) is 5.16 Å². The zero-order chi connectivity index (χ0) is 15.2. The quantitative estimate of drug-likeness (QED) is 0.466. The predicted octanol–water partition coefficient (Wildman–Crippen LogP) is 2.47. The average molecular weight is 311 g/mol. The van der Waals surface area contributed by atoms with E-state index in [1.807, 2.05) is 0 Å². The summed E-state index contributed by atoms with van der Waals surface area (Å²) < 4.78 is 14.9. The number of H-pyrrole nitrogens is 1. The molecule has 7 heteroatoms. The second-order valence-corrected chi connectivity index (χ2v) is 4.61. The highest BCUT2D eigenvalue weighted by Gasteiger charge is 2.10. The number of nitrogens with one attached hydrogen (secondary N) is 1. The molecule has 0 aliphatic heterocycles. The van der Waals surface area contributed by atoms with E-state index in [1.165, 1.54) is 18.4 Å². The van der Waals surface area contributed by atoms with Gasteiger partial charge in [-0.2, -0.15) is 0 Å². The van der Waals surface area contributed by atoms with Crippen molar-refractivity contribution in [1.82, 2.24) is 5.16 Å². The molecule has 21 heavy (non-hydrogen) atoms. The van der Waals surface area contributed by atoms with Gasteiger partial charge in [-0.1, -0.05) is 11.6 Å². The number of ketones is 1. The van der Waals surface area contributed by atoms with Crippen molar-refractivity contribution in [1.29, 1.82) is 0 Å². The Bertz CT molecular complexity index is 636. The van der Waals surface area contributed by atoms with Gasteiger partial charge in [-0.05, 0) is 18.2 Å². The summed E-state index contributed by atoms with van der Waals surface area (Å²) in [7, 11) is 1.58. The third-order valence-corrected chi connectivity index (χ3v) is 3.00. The van der Waals surface area contributed by atoms with Crippen molar-refractivity contribution in [2.45, 2.75) is 0 Å².